The van der Waals surface area contributed by atoms with E-state index in [1.165, 1.54) is 0 Å². The standard InChI is InChI=1S/C31H26N4O2/c1-36-24-14-8-12-22(18-24)28-20-29(23-13-9-15-25(19-23)37-2)35(34-28)31-32-27-17-7-6-16-26(27)30(33-31)21-10-4-3-5-11-21/h3-19,29H,20H2,1-2H3. The Bertz CT molecular complexity index is 1600. The van der Waals surface area contributed by atoms with Gasteiger partial charge in [-0.05, 0) is 35.9 Å². The van der Waals surface area contributed by atoms with Crippen molar-refractivity contribution < 1.29 is 9.47 Å². The Labute approximate surface area is 215 Å². The molecule has 1 unspecified atom stereocenters. The summed E-state index contributed by atoms with van der Waals surface area (Å²) in [6.07, 6.45) is 0.692. The number of rotatable bonds is 6. The number of hydrogen-bond acceptors (Lipinski definition) is 6. The van der Waals surface area contributed by atoms with Crippen molar-refractivity contribution in [3.63, 3.8) is 0 Å². The van der Waals surface area contributed by atoms with Gasteiger partial charge < -0.3 is 9.47 Å². The molecule has 4 aromatic carbocycles. The zero-order valence-corrected chi connectivity index (χ0v) is 20.7. The molecule has 2 heterocycles. The fourth-order valence-electron chi connectivity index (χ4n) is 4.76. The fourth-order valence-corrected chi connectivity index (χ4v) is 4.76. The number of anilines is 1. The van der Waals surface area contributed by atoms with E-state index < -0.39 is 0 Å². The van der Waals surface area contributed by atoms with E-state index in [9.17, 15) is 0 Å². The van der Waals surface area contributed by atoms with Gasteiger partial charge in [-0.1, -0.05) is 72.8 Å². The predicted molar refractivity (Wildman–Crippen MR) is 147 cm³/mol. The average Bonchev–Trinajstić information content (AvgIpc) is 3.43. The van der Waals surface area contributed by atoms with Gasteiger partial charge in [0.15, 0.2) is 0 Å². The molecule has 0 N–H and O–H groups in total. The zero-order chi connectivity index (χ0) is 25.2. The summed E-state index contributed by atoms with van der Waals surface area (Å²) in [6.45, 7) is 0. The van der Waals surface area contributed by atoms with Gasteiger partial charge in [0.25, 0.3) is 0 Å². The molecule has 37 heavy (non-hydrogen) atoms. The number of methoxy groups -OCH3 is 2. The van der Waals surface area contributed by atoms with Crippen LogP contribution >= 0.6 is 0 Å². The maximum atomic E-state index is 5.53. The molecule has 0 fully saturated rings. The van der Waals surface area contributed by atoms with Crippen molar-refractivity contribution in [3.05, 3.63) is 114 Å². The summed E-state index contributed by atoms with van der Waals surface area (Å²) < 4.78 is 11.0. The molecule has 5 aromatic rings. The van der Waals surface area contributed by atoms with Crippen LogP contribution in [0.3, 0.4) is 0 Å². The molecule has 0 amide bonds. The molecule has 1 aliphatic heterocycles. The third kappa shape index (κ3) is 4.38. The smallest absolute Gasteiger partial charge is 0.247 e. The first-order valence-electron chi connectivity index (χ1n) is 12.2. The summed E-state index contributed by atoms with van der Waals surface area (Å²) in [6, 6.07) is 34.4. The van der Waals surface area contributed by atoms with Gasteiger partial charge in [0.1, 0.15) is 11.5 Å². The van der Waals surface area contributed by atoms with Crippen LogP contribution in [0.25, 0.3) is 22.2 Å². The second kappa shape index (κ2) is 9.74. The van der Waals surface area contributed by atoms with E-state index in [1.54, 1.807) is 14.2 Å². The molecule has 6 heteroatoms. The molecule has 0 radical (unpaired) electrons. The molecule has 0 aliphatic carbocycles. The zero-order valence-electron chi connectivity index (χ0n) is 20.7. The van der Waals surface area contributed by atoms with Crippen molar-refractivity contribution >= 4 is 22.6 Å². The molecular weight excluding hydrogens is 460 g/mol. The predicted octanol–water partition coefficient (Wildman–Crippen LogP) is 6.67. The number of nitrogens with zero attached hydrogens (tertiary/aromatic N) is 4. The van der Waals surface area contributed by atoms with Gasteiger partial charge >= 0.3 is 0 Å². The number of ether oxygens (including phenoxy) is 2. The molecule has 6 rings (SSSR count). The maximum Gasteiger partial charge on any atom is 0.247 e. The lowest BCUT2D eigenvalue weighted by Crippen LogP contribution is -2.21. The highest BCUT2D eigenvalue weighted by molar-refractivity contribution is 6.03. The first-order valence-corrected chi connectivity index (χ1v) is 12.2. The Morgan fingerprint density at radius 1 is 0.703 bits per heavy atom. The Kier molecular flexibility index (Phi) is 5.98. The van der Waals surface area contributed by atoms with E-state index in [0.717, 1.165) is 50.5 Å². The number of benzene rings is 4. The lowest BCUT2D eigenvalue weighted by molar-refractivity contribution is 0.413. The summed E-state index contributed by atoms with van der Waals surface area (Å²) in [5.41, 5.74) is 5.84. The van der Waals surface area contributed by atoms with Crippen molar-refractivity contribution in [1.82, 2.24) is 9.97 Å². The normalized spacial score (nSPS) is 15.0. The quantitative estimate of drug-likeness (QED) is 0.268. The van der Waals surface area contributed by atoms with E-state index in [4.69, 9.17) is 24.5 Å². The van der Waals surface area contributed by atoms with E-state index >= 15 is 0 Å². The molecule has 1 aromatic heterocycles. The Hall–Kier alpha value is -4.71. The summed E-state index contributed by atoms with van der Waals surface area (Å²) in [5.74, 6) is 2.16. The van der Waals surface area contributed by atoms with E-state index in [0.29, 0.717) is 12.4 Å². The fraction of sp³-hybridized carbons (Fsp3) is 0.129. The summed E-state index contributed by atoms with van der Waals surface area (Å²) in [7, 11) is 3.36. The van der Waals surface area contributed by atoms with Crippen molar-refractivity contribution in [3.8, 4) is 22.8 Å². The highest BCUT2D eigenvalue weighted by Crippen LogP contribution is 2.38. The Balaban J connectivity index is 1.52. The van der Waals surface area contributed by atoms with Crippen molar-refractivity contribution in [1.29, 1.82) is 0 Å². The number of hydrogen-bond donors (Lipinski definition) is 0. The summed E-state index contributed by atoms with van der Waals surface area (Å²) in [5, 5.41) is 8.04. The lowest BCUT2D eigenvalue weighted by Gasteiger charge is -2.23. The van der Waals surface area contributed by atoms with Crippen LogP contribution in [0.15, 0.2) is 108 Å². The second-order valence-corrected chi connectivity index (χ2v) is 8.88. The Morgan fingerprint density at radius 2 is 1.41 bits per heavy atom. The summed E-state index contributed by atoms with van der Waals surface area (Å²) >= 11 is 0. The third-order valence-electron chi connectivity index (χ3n) is 6.64. The minimum absolute atomic E-state index is 0.0962. The molecule has 182 valence electrons. The molecule has 6 nitrogen and oxygen atoms in total. The molecular formula is C31H26N4O2. The van der Waals surface area contributed by atoms with E-state index in [1.807, 2.05) is 71.7 Å². The van der Waals surface area contributed by atoms with E-state index in [2.05, 4.69) is 36.4 Å². The largest absolute Gasteiger partial charge is 0.497 e. The second-order valence-electron chi connectivity index (χ2n) is 8.88. The van der Waals surface area contributed by atoms with Crippen LogP contribution in [-0.2, 0) is 0 Å². The van der Waals surface area contributed by atoms with Crippen LogP contribution in [0, 0.1) is 0 Å². The topological polar surface area (TPSA) is 59.8 Å². The molecule has 1 atom stereocenters. The first-order chi connectivity index (χ1) is 18.2. The van der Waals surface area contributed by atoms with Crippen molar-refractivity contribution in [2.45, 2.75) is 12.5 Å². The Morgan fingerprint density at radius 3 is 2.22 bits per heavy atom. The first kappa shape index (κ1) is 22.7. The minimum Gasteiger partial charge on any atom is -0.497 e. The molecule has 0 saturated carbocycles. The number of para-hydroxylation sites is 1. The molecule has 1 aliphatic rings. The molecule has 0 saturated heterocycles. The number of hydrazone groups is 1. The van der Waals surface area contributed by atoms with Gasteiger partial charge in [0.2, 0.25) is 5.95 Å². The number of aromatic nitrogens is 2. The van der Waals surface area contributed by atoms with Crippen molar-refractivity contribution in [2.24, 2.45) is 5.10 Å². The lowest BCUT2D eigenvalue weighted by atomic mass is 9.98. The molecule has 0 spiro atoms. The van der Waals surface area contributed by atoms with Crippen LogP contribution in [0.1, 0.15) is 23.6 Å². The van der Waals surface area contributed by atoms with Gasteiger partial charge in [0, 0.05) is 22.9 Å². The third-order valence-corrected chi connectivity index (χ3v) is 6.64. The van der Waals surface area contributed by atoms with Crippen LogP contribution in [-0.4, -0.2) is 29.9 Å². The average molecular weight is 487 g/mol. The van der Waals surface area contributed by atoms with Crippen LogP contribution in [0.4, 0.5) is 5.95 Å². The molecule has 0 bridgehead atoms. The van der Waals surface area contributed by atoms with Crippen LogP contribution in [0.2, 0.25) is 0 Å². The van der Waals surface area contributed by atoms with Gasteiger partial charge in [-0.2, -0.15) is 5.10 Å². The van der Waals surface area contributed by atoms with E-state index in [-0.39, 0.29) is 6.04 Å². The van der Waals surface area contributed by atoms with Crippen LogP contribution in [0.5, 0.6) is 11.5 Å². The van der Waals surface area contributed by atoms with Crippen LogP contribution < -0.4 is 14.5 Å². The highest BCUT2D eigenvalue weighted by atomic mass is 16.5. The van der Waals surface area contributed by atoms with Gasteiger partial charge in [-0.25, -0.2) is 15.0 Å². The van der Waals surface area contributed by atoms with Gasteiger partial charge in [-0.3, -0.25) is 0 Å². The maximum absolute atomic E-state index is 5.53. The van der Waals surface area contributed by atoms with Gasteiger partial charge in [0.05, 0.1) is 37.2 Å². The summed E-state index contributed by atoms with van der Waals surface area (Å²) in [4.78, 5) is 10.1. The SMILES string of the molecule is COc1cccc(C2=NN(c3nc(-c4ccccc4)c4ccccc4n3)C(c3cccc(OC)c3)C2)c1. The van der Waals surface area contributed by atoms with Gasteiger partial charge in [-0.15, -0.1) is 0 Å². The monoisotopic (exact) mass is 486 g/mol. The number of fused-ring (bicyclic) bond motifs is 1. The van der Waals surface area contributed by atoms with Crippen molar-refractivity contribution in [2.75, 3.05) is 19.2 Å². The minimum atomic E-state index is -0.0962. The highest BCUT2D eigenvalue weighted by Gasteiger charge is 2.32.